The summed E-state index contributed by atoms with van der Waals surface area (Å²) in [5, 5.41) is 9.67. The third kappa shape index (κ3) is 3.58. The van der Waals surface area contributed by atoms with Gasteiger partial charge in [0, 0.05) is 10.2 Å². The van der Waals surface area contributed by atoms with Gasteiger partial charge in [-0.15, -0.1) is 0 Å². The molecule has 1 amide bonds. The number of nitrogens with one attached hydrogen (secondary N) is 2. The number of thioether (sulfide) groups is 1. The SMILES string of the molecule is C[C@@H](Sc1ncn[nH]1)C(=O)Nc1ccc(Br)cc1. The Bertz CT molecular complexity index is 514. The first kappa shape index (κ1) is 13.1. The number of halogens is 1. The Morgan fingerprint density at radius 3 is 2.78 bits per heavy atom. The average molecular weight is 327 g/mol. The van der Waals surface area contributed by atoms with Gasteiger partial charge in [0.05, 0.1) is 5.25 Å². The van der Waals surface area contributed by atoms with Crippen LogP contribution in [0.25, 0.3) is 0 Å². The fraction of sp³-hybridized carbons (Fsp3) is 0.182. The molecule has 2 aromatic rings. The maximum atomic E-state index is 11.9. The molecule has 1 atom stereocenters. The molecule has 2 rings (SSSR count). The molecule has 0 aliphatic rings. The van der Waals surface area contributed by atoms with Gasteiger partial charge in [-0.25, -0.2) is 4.98 Å². The van der Waals surface area contributed by atoms with E-state index in [0.717, 1.165) is 10.2 Å². The van der Waals surface area contributed by atoms with Crippen LogP contribution in [0.1, 0.15) is 6.92 Å². The van der Waals surface area contributed by atoms with Gasteiger partial charge in [-0.3, -0.25) is 9.89 Å². The second-order valence-corrected chi connectivity index (χ2v) is 5.79. The summed E-state index contributed by atoms with van der Waals surface area (Å²) in [5.41, 5.74) is 0.771. The summed E-state index contributed by atoms with van der Waals surface area (Å²) in [6.45, 7) is 1.82. The van der Waals surface area contributed by atoms with Crippen LogP contribution in [0.4, 0.5) is 5.69 Å². The molecule has 0 saturated carbocycles. The van der Waals surface area contributed by atoms with Crippen LogP contribution < -0.4 is 5.32 Å². The molecule has 0 fully saturated rings. The molecule has 0 aliphatic carbocycles. The molecular formula is C11H11BrN4OS. The Morgan fingerprint density at radius 2 is 2.17 bits per heavy atom. The molecule has 1 heterocycles. The van der Waals surface area contributed by atoms with Gasteiger partial charge in [0.1, 0.15) is 6.33 Å². The van der Waals surface area contributed by atoms with E-state index in [4.69, 9.17) is 0 Å². The molecule has 0 spiro atoms. The van der Waals surface area contributed by atoms with Crippen molar-refractivity contribution >= 4 is 39.3 Å². The van der Waals surface area contributed by atoms with Crippen molar-refractivity contribution in [1.82, 2.24) is 15.2 Å². The predicted octanol–water partition coefficient (Wildman–Crippen LogP) is 2.69. The minimum absolute atomic E-state index is 0.0706. The second kappa shape index (κ2) is 6.01. The number of carbonyl (C=O) groups is 1. The van der Waals surface area contributed by atoms with E-state index < -0.39 is 0 Å². The maximum Gasteiger partial charge on any atom is 0.237 e. The third-order valence-corrected chi connectivity index (χ3v) is 3.68. The van der Waals surface area contributed by atoms with Gasteiger partial charge >= 0.3 is 0 Å². The van der Waals surface area contributed by atoms with Crippen LogP contribution in [-0.4, -0.2) is 26.3 Å². The Balaban J connectivity index is 1.93. The largest absolute Gasteiger partial charge is 0.325 e. The van der Waals surface area contributed by atoms with Crippen LogP contribution in [0.3, 0.4) is 0 Å². The molecule has 1 aromatic carbocycles. The van der Waals surface area contributed by atoms with E-state index in [-0.39, 0.29) is 11.2 Å². The first-order valence-corrected chi connectivity index (χ1v) is 6.91. The minimum atomic E-state index is -0.249. The molecule has 7 heteroatoms. The van der Waals surface area contributed by atoms with E-state index in [2.05, 4.69) is 36.4 Å². The van der Waals surface area contributed by atoms with Crippen molar-refractivity contribution in [2.24, 2.45) is 0 Å². The van der Waals surface area contributed by atoms with Crippen LogP contribution in [0, 0.1) is 0 Å². The van der Waals surface area contributed by atoms with Crippen molar-refractivity contribution in [3.63, 3.8) is 0 Å². The van der Waals surface area contributed by atoms with E-state index in [1.165, 1.54) is 18.1 Å². The zero-order chi connectivity index (χ0) is 13.0. The quantitative estimate of drug-likeness (QED) is 0.847. The highest BCUT2D eigenvalue weighted by atomic mass is 79.9. The summed E-state index contributed by atoms with van der Waals surface area (Å²) in [6.07, 6.45) is 1.42. The zero-order valence-electron chi connectivity index (χ0n) is 9.55. The van der Waals surface area contributed by atoms with E-state index in [1.54, 1.807) is 0 Å². The van der Waals surface area contributed by atoms with Gasteiger partial charge in [-0.2, -0.15) is 5.10 Å². The molecule has 94 valence electrons. The molecule has 18 heavy (non-hydrogen) atoms. The average Bonchev–Trinajstić information content (AvgIpc) is 2.85. The minimum Gasteiger partial charge on any atom is -0.325 e. The molecule has 5 nitrogen and oxygen atoms in total. The summed E-state index contributed by atoms with van der Waals surface area (Å²) >= 11 is 4.67. The first-order valence-electron chi connectivity index (χ1n) is 5.23. The summed E-state index contributed by atoms with van der Waals surface area (Å²) < 4.78 is 0.976. The standard InChI is InChI=1S/C11H11BrN4OS/c1-7(18-11-13-6-14-16-11)10(17)15-9-4-2-8(12)3-5-9/h2-7H,1H3,(H,15,17)(H,13,14,16)/t7-/m1/s1. The van der Waals surface area contributed by atoms with Crippen LogP contribution in [0.2, 0.25) is 0 Å². The fourth-order valence-corrected chi connectivity index (χ4v) is 2.23. The van der Waals surface area contributed by atoms with Gasteiger partial charge in [0.25, 0.3) is 0 Å². The summed E-state index contributed by atoms with van der Waals surface area (Å²) in [5.74, 6) is -0.0706. The number of H-pyrrole nitrogens is 1. The van der Waals surface area contributed by atoms with Crippen LogP contribution in [-0.2, 0) is 4.79 Å². The highest BCUT2D eigenvalue weighted by molar-refractivity contribution is 9.10. The number of hydrogen-bond donors (Lipinski definition) is 2. The Kier molecular flexibility index (Phi) is 4.38. The predicted molar refractivity (Wildman–Crippen MR) is 74.5 cm³/mol. The van der Waals surface area contributed by atoms with Crippen molar-refractivity contribution in [3.05, 3.63) is 35.1 Å². The lowest BCUT2D eigenvalue weighted by molar-refractivity contribution is -0.115. The lowest BCUT2D eigenvalue weighted by atomic mass is 10.3. The normalized spacial score (nSPS) is 12.1. The number of nitrogens with zero attached hydrogens (tertiary/aromatic N) is 2. The molecule has 1 aromatic heterocycles. The Labute approximate surface area is 117 Å². The topological polar surface area (TPSA) is 70.7 Å². The molecule has 0 saturated heterocycles. The first-order chi connectivity index (χ1) is 8.65. The van der Waals surface area contributed by atoms with Crippen molar-refractivity contribution in [2.45, 2.75) is 17.3 Å². The lowest BCUT2D eigenvalue weighted by Crippen LogP contribution is -2.22. The number of amides is 1. The smallest absolute Gasteiger partial charge is 0.237 e. The molecule has 0 bridgehead atoms. The summed E-state index contributed by atoms with van der Waals surface area (Å²) in [7, 11) is 0. The van der Waals surface area contributed by atoms with Crippen molar-refractivity contribution in [1.29, 1.82) is 0 Å². The number of rotatable bonds is 4. The Morgan fingerprint density at radius 1 is 1.44 bits per heavy atom. The zero-order valence-corrected chi connectivity index (χ0v) is 12.0. The number of benzene rings is 1. The van der Waals surface area contributed by atoms with Gasteiger partial charge in [-0.1, -0.05) is 27.7 Å². The molecular weight excluding hydrogens is 316 g/mol. The monoisotopic (exact) mass is 326 g/mol. The molecule has 0 unspecified atom stereocenters. The van der Waals surface area contributed by atoms with Crippen LogP contribution in [0.5, 0.6) is 0 Å². The van der Waals surface area contributed by atoms with E-state index in [0.29, 0.717) is 5.16 Å². The van der Waals surface area contributed by atoms with E-state index in [9.17, 15) is 4.79 Å². The Hall–Kier alpha value is -1.34. The lowest BCUT2D eigenvalue weighted by Gasteiger charge is -2.10. The fourth-order valence-electron chi connectivity index (χ4n) is 1.25. The van der Waals surface area contributed by atoms with E-state index >= 15 is 0 Å². The van der Waals surface area contributed by atoms with Crippen molar-refractivity contribution in [3.8, 4) is 0 Å². The third-order valence-electron chi connectivity index (χ3n) is 2.16. The number of aromatic nitrogens is 3. The molecule has 2 N–H and O–H groups in total. The van der Waals surface area contributed by atoms with Crippen molar-refractivity contribution in [2.75, 3.05) is 5.32 Å². The van der Waals surface area contributed by atoms with Crippen molar-refractivity contribution < 1.29 is 4.79 Å². The van der Waals surface area contributed by atoms with Gasteiger partial charge in [0.15, 0.2) is 5.16 Å². The summed E-state index contributed by atoms with van der Waals surface area (Å²) in [4.78, 5) is 15.9. The maximum absolute atomic E-state index is 11.9. The number of hydrogen-bond acceptors (Lipinski definition) is 4. The van der Waals surface area contributed by atoms with Gasteiger partial charge < -0.3 is 5.32 Å². The second-order valence-electron chi connectivity index (χ2n) is 3.55. The molecule has 0 radical (unpaired) electrons. The van der Waals surface area contributed by atoms with Gasteiger partial charge in [0.2, 0.25) is 5.91 Å². The van der Waals surface area contributed by atoms with E-state index in [1.807, 2.05) is 31.2 Å². The highest BCUT2D eigenvalue weighted by Crippen LogP contribution is 2.20. The molecule has 0 aliphatic heterocycles. The number of anilines is 1. The number of aromatic amines is 1. The number of carbonyl (C=O) groups excluding carboxylic acids is 1. The van der Waals surface area contributed by atoms with Crippen LogP contribution >= 0.6 is 27.7 Å². The van der Waals surface area contributed by atoms with Gasteiger partial charge in [-0.05, 0) is 31.2 Å². The van der Waals surface area contributed by atoms with Crippen LogP contribution in [0.15, 0.2) is 40.2 Å². The summed E-state index contributed by atoms with van der Waals surface area (Å²) in [6, 6.07) is 7.44. The highest BCUT2D eigenvalue weighted by Gasteiger charge is 2.15.